The highest BCUT2D eigenvalue weighted by atomic mass is 14.9. The van der Waals surface area contributed by atoms with E-state index in [-0.39, 0.29) is 0 Å². The van der Waals surface area contributed by atoms with Crippen molar-refractivity contribution in [1.29, 1.82) is 0 Å². The SMILES string of the molecule is CC(C)C(C)NCc1ccc(CN)cc1. The fourth-order valence-corrected chi connectivity index (χ4v) is 1.31. The highest BCUT2D eigenvalue weighted by molar-refractivity contribution is 5.22. The van der Waals surface area contributed by atoms with Crippen LogP contribution in [0, 0.1) is 5.92 Å². The Morgan fingerprint density at radius 1 is 1.07 bits per heavy atom. The lowest BCUT2D eigenvalue weighted by Gasteiger charge is -2.17. The summed E-state index contributed by atoms with van der Waals surface area (Å²) in [4.78, 5) is 0. The lowest BCUT2D eigenvalue weighted by Crippen LogP contribution is -2.30. The fourth-order valence-electron chi connectivity index (χ4n) is 1.31. The molecule has 1 atom stereocenters. The number of rotatable bonds is 5. The molecule has 1 aromatic carbocycles. The Kier molecular flexibility index (Phi) is 4.79. The van der Waals surface area contributed by atoms with Gasteiger partial charge in [-0.05, 0) is 24.0 Å². The standard InChI is InChI=1S/C13H22N2/c1-10(2)11(3)15-9-13-6-4-12(8-14)5-7-13/h4-7,10-11,15H,8-9,14H2,1-3H3. The Labute approximate surface area is 92.9 Å². The van der Waals surface area contributed by atoms with Gasteiger partial charge in [0.15, 0.2) is 0 Å². The molecule has 0 heterocycles. The minimum atomic E-state index is 0.555. The number of nitrogens with one attached hydrogen (secondary N) is 1. The van der Waals surface area contributed by atoms with Crippen molar-refractivity contribution in [2.45, 2.75) is 39.9 Å². The van der Waals surface area contributed by atoms with Gasteiger partial charge in [0.2, 0.25) is 0 Å². The molecule has 1 unspecified atom stereocenters. The molecule has 0 spiro atoms. The van der Waals surface area contributed by atoms with Gasteiger partial charge in [-0.2, -0.15) is 0 Å². The first-order valence-corrected chi connectivity index (χ1v) is 5.64. The molecular formula is C13H22N2. The third-order valence-corrected chi connectivity index (χ3v) is 2.89. The van der Waals surface area contributed by atoms with Crippen molar-refractivity contribution in [1.82, 2.24) is 5.32 Å². The van der Waals surface area contributed by atoms with E-state index in [1.807, 2.05) is 0 Å². The Hall–Kier alpha value is -0.860. The first-order valence-electron chi connectivity index (χ1n) is 5.64. The van der Waals surface area contributed by atoms with E-state index in [2.05, 4.69) is 50.4 Å². The first-order chi connectivity index (χ1) is 7.13. The lowest BCUT2D eigenvalue weighted by atomic mass is 10.1. The zero-order chi connectivity index (χ0) is 11.3. The number of hydrogen-bond acceptors (Lipinski definition) is 2. The summed E-state index contributed by atoms with van der Waals surface area (Å²) in [6.45, 7) is 8.24. The van der Waals surface area contributed by atoms with Crippen LogP contribution in [0.2, 0.25) is 0 Å². The summed E-state index contributed by atoms with van der Waals surface area (Å²) in [7, 11) is 0. The third-order valence-electron chi connectivity index (χ3n) is 2.89. The molecule has 0 aliphatic carbocycles. The Morgan fingerprint density at radius 2 is 1.60 bits per heavy atom. The van der Waals surface area contributed by atoms with Crippen LogP contribution in [-0.2, 0) is 13.1 Å². The predicted octanol–water partition coefficient (Wildman–Crippen LogP) is 2.28. The van der Waals surface area contributed by atoms with Crippen LogP contribution in [0.5, 0.6) is 0 Å². The second-order valence-electron chi connectivity index (χ2n) is 4.43. The minimum Gasteiger partial charge on any atom is -0.326 e. The molecule has 3 N–H and O–H groups in total. The van der Waals surface area contributed by atoms with Gasteiger partial charge in [-0.25, -0.2) is 0 Å². The molecule has 84 valence electrons. The van der Waals surface area contributed by atoms with Crippen molar-refractivity contribution in [3.8, 4) is 0 Å². The van der Waals surface area contributed by atoms with Crippen molar-refractivity contribution < 1.29 is 0 Å². The second kappa shape index (κ2) is 5.89. The van der Waals surface area contributed by atoms with E-state index in [1.165, 1.54) is 11.1 Å². The molecule has 2 nitrogen and oxygen atoms in total. The molecule has 1 aromatic rings. The van der Waals surface area contributed by atoms with E-state index in [0.717, 1.165) is 6.54 Å². The molecule has 2 heteroatoms. The van der Waals surface area contributed by atoms with Crippen LogP contribution in [0.1, 0.15) is 31.9 Å². The van der Waals surface area contributed by atoms with E-state index in [4.69, 9.17) is 5.73 Å². The zero-order valence-electron chi connectivity index (χ0n) is 9.96. The van der Waals surface area contributed by atoms with Gasteiger partial charge in [-0.15, -0.1) is 0 Å². The molecule has 15 heavy (non-hydrogen) atoms. The van der Waals surface area contributed by atoms with Gasteiger partial charge in [0.05, 0.1) is 0 Å². The summed E-state index contributed by atoms with van der Waals surface area (Å²) in [5.41, 5.74) is 8.06. The van der Waals surface area contributed by atoms with Crippen LogP contribution in [-0.4, -0.2) is 6.04 Å². The van der Waals surface area contributed by atoms with Crippen molar-refractivity contribution >= 4 is 0 Å². The normalized spacial score (nSPS) is 13.1. The Morgan fingerprint density at radius 3 is 2.07 bits per heavy atom. The molecule has 0 radical (unpaired) electrons. The van der Waals surface area contributed by atoms with Crippen LogP contribution >= 0.6 is 0 Å². The zero-order valence-corrected chi connectivity index (χ0v) is 9.96. The lowest BCUT2D eigenvalue weighted by molar-refractivity contribution is 0.426. The third kappa shape index (κ3) is 4.02. The van der Waals surface area contributed by atoms with Gasteiger partial charge in [0.25, 0.3) is 0 Å². The van der Waals surface area contributed by atoms with E-state index in [9.17, 15) is 0 Å². The molecule has 1 rings (SSSR count). The van der Waals surface area contributed by atoms with Gasteiger partial charge >= 0.3 is 0 Å². The van der Waals surface area contributed by atoms with Crippen molar-refractivity contribution in [2.75, 3.05) is 0 Å². The fraction of sp³-hybridized carbons (Fsp3) is 0.538. The molecule has 0 saturated heterocycles. The largest absolute Gasteiger partial charge is 0.326 e. The van der Waals surface area contributed by atoms with Crippen LogP contribution < -0.4 is 11.1 Å². The molecule has 0 fully saturated rings. The van der Waals surface area contributed by atoms with Gasteiger partial charge in [-0.3, -0.25) is 0 Å². The maximum absolute atomic E-state index is 5.55. The van der Waals surface area contributed by atoms with Crippen LogP contribution in [0.4, 0.5) is 0 Å². The van der Waals surface area contributed by atoms with Gasteiger partial charge < -0.3 is 11.1 Å². The minimum absolute atomic E-state index is 0.555. The maximum Gasteiger partial charge on any atom is 0.0208 e. The molecule has 0 aliphatic rings. The number of benzene rings is 1. The quantitative estimate of drug-likeness (QED) is 0.775. The Balaban J connectivity index is 2.44. The number of hydrogen-bond donors (Lipinski definition) is 2. The van der Waals surface area contributed by atoms with Crippen molar-refractivity contribution in [3.05, 3.63) is 35.4 Å². The summed E-state index contributed by atoms with van der Waals surface area (Å²) in [5.74, 6) is 0.674. The summed E-state index contributed by atoms with van der Waals surface area (Å²) in [6.07, 6.45) is 0. The number of nitrogens with two attached hydrogens (primary N) is 1. The van der Waals surface area contributed by atoms with E-state index < -0.39 is 0 Å². The monoisotopic (exact) mass is 206 g/mol. The molecular weight excluding hydrogens is 184 g/mol. The summed E-state index contributed by atoms with van der Waals surface area (Å²) >= 11 is 0. The van der Waals surface area contributed by atoms with Gasteiger partial charge in [-0.1, -0.05) is 38.1 Å². The summed E-state index contributed by atoms with van der Waals surface area (Å²) in [6, 6.07) is 9.03. The van der Waals surface area contributed by atoms with Crippen LogP contribution in [0.25, 0.3) is 0 Å². The molecule has 0 amide bonds. The average molecular weight is 206 g/mol. The summed E-state index contributed by atoms with van der Waals surface area (Å²) in [5, 5.41) is 3.50. The topological polar surface area (TPSA) is 38.0 Å². The van der Waals surface area contributed by atoms with E-state index >= 15 is 0 Å². The highest BCUT2D eigenvalue weighted by Gasteiger charge is 2.05. The Bertz CT molecular complexity index is 277. The average Bonchev–Trinajstić information content (AvgIpc) is 2.26. The van der Waals surface area contributed by atoms with Crippen molar-refractivity contribution in [3.63, 3.8) is 0 Å². The molecule has 0 aliphatic heterocycles. The second-order valence-corrected chi connectivity index (χ2v) is 4.43. The smallest absolute Gasteiger partial charge is 0.0208 e. The molecule has 0 saturated carbocycles. The molecule has 0 bridgehead atoms. The van der Waals surface area contributed by atoms with Crippen molar-refractivity contribution in [2.24, 2.45) is 11.7 Å². The first kappa shape index (κ1) is 12.2. The summed E-state index contributed by atoms with van der Waals surface area (Å²) < 4.78 is 0. The van der Waals surface area contributed by atoms with E-state index in [0.29, 0.717) is 18.5 Å². The van der Waals surface area contributed by atoms with E-state index in [1.54, 1.807) is 0 Å². The maximum atomic E-state index is 5.55. The highest BCUT2D eigenvalue weighted by Crippen LogP contribution is 2.05. The van der Waals surface area contributed by atoms with Crippen LogP contribution in [0.3, 0.4) is 0 Å². The van der Waals surface area contributed by atoms with Crippen LogP contribution in [0.15, 0.2) is 24.3 Å². The van der Waals surface area contributed by atoms with Gasteiger partial charge in [0, 0.05) is 19.1 Å². The van der Waals surface area contributed by atoms with Gasteiger partial charge in [0.1, 0.15) is 0 Å². The molecule has 0 aromatic heterocycles. The predicted molar refractivity (Wildman–Crippen MR) is 65.5 cm³/mol.